The van der Waals surface area contributed by atoms with Crippen LogP contribution >= 0.6 is 11.6 Å². The zero-order valence-electron chi connectivity index (χ0n) is 13.6. The summed E-state index contributed by atoms with van der Waals surface area (Å²) in [5, 5.41) is 5.58. The first-order valence-corrected chi connectivity index (χ1v) is 8.36. The molecule has 0 aliphatic rings. The van der Waals surface area contributed by atoms with Gasteiger partial charge in [-0.3, -0.25) is 4.79 Å². The van der Waals surface area contributed by atoms with Gasteiger partial charge in [0, 0.05) is 10.4 Å². The quantitative estimate of drug-likeness (QED) is 0.650. The first-order valence-electron chi connectivity index (χ1n) is 7.98. The van der Waals surface area contributed by atoms with Crippen molar-refractivity contribution in [2.75, 3.05) is 19.8 Å². The molecule has 0 spiro atoms. The Bertz CT molecular complexity index is 844. The maximum atomic E-state index is 11.8. The lowest BCUT2D eigenvalue weighted by atomic mass is 10.1. The summed E-state index contributed by atoms with van der Waals surface area (Å²) in [4.78, 5) is 11.8. The van der Waals surface area contributed by atoms with Crippen LogP contribution in [0.3, 0.4) is 0 Å². The van der Waals surface area contributed by atoms with E-state index in [1.54, 1.807) is 24.3 Å². The molecule has 1 N–H and O–H groups in total. The Kier molecular flexibility index (Phi) is 5.75. The van der Waals surface area contributed by atoms with Crippen LogP contribution in [0.4, 0.5) is 0 Å². The number of hydrogen-bond acceptors (Lipinski definition) is 3. The molecule has 0 aliphatic heterocycles. The highest BCUT2D eigenvalue weighted by Crippen LogP contribution is 2.24. The van der Waals surface area contributed by atoms with Crippen molar-refractivity contribution in [1.29, 1.82) is 0 Å². The van der Waals surface area contributed by atoms with Crippen molar-refractivity contribution >= 4 is 28.3 Å². The Labute approximate surface area is 151 Å². The number of benzene rings is 3. The number of amides is 1. The normalized spacial score (nSPS) is 10.4. The van der Waals surface area contributed by atoms with Gasteiger partial charge >= 0.3 is 0 Å². The van der Waals surface area contributed by atoms with Crippen LogP contribution < -0.4 is 14.8 Å². The molecule has 0 unspecified atom stereocenters. The van der Waals surface area contributed by atoms with Crippen molar-refractivity contribution in [2.45, 2.75) is 0 Å². The molecule has 1 amide bonds. The first-order chi connectivity index (χ1) is 12.2. The number of ether oxygens (including phenoxy) is 2. The van der Waals surface area contributed by atoms with E-state index in [-0.39, 0.29) is 12.5 Å². The number of fused-ring (bicyclic) bond motifs is 1. The van der Waals surface area contributed by atoms with Crippen molar-refractivity contribution in [3.05, 3.63) is 71.8 Å². The minimum Gasteiger partial charge on any atom is -0.491 e. The second kappa shape index (κ2) is 8.40. The number of nitrogens with one attached hydrogen (secondary N) is 1. The molecule has 0 fully saturated rings. The van der Waals surface area contributed by atoms with Crippen LogP contribution in [0.25, 0.3) is 10.8 Å². The van der Waals surface area contributed by atoms with E-state index < -0.39 is 0 Å². The Hall–Kier alpha value is -2.72. The van der Waals surface area contributed by atoms with Crippen molar-refractivity contribution in [3.8, 4) is 11.5 Å². The molecule has 0 saturated heterocycles. The van der Waals surface area contributed by atoms with Crippen molar-refractivity contribution in [1.82, 2.24) is 5.32 Å². The first kappa shape index (κ1) is 17.1. The van der Waals surface area contributed by atoms with Gasteiger partial charge in [0.15, 0.2) is 6.61 Å². The van der Waals surface area contributed by atoms with Crippen LogP contribution in [0.15, 0.2) is 66.7 Å². The van der Waals surface area contributed by atoms with Gasteiger partial charge < -0.3 is 14.8 Å². The summed E-state index contributed by atoms with van der Waals surface area (Å²) >= 11 is 5.80. The summed E-state index contributed by atoms with van der Waals surface area (Å²) in [5.74, 6) is 1.22. The Balaban J connectivity index is 1.42. The Morgan fingerprint density at radius 1 is 0.920 bits per heavy atom. The van der Waals surface area contributed by atoms with E-state index in [0.717, 1.165) is 16.5 Å². The van der Waals surface area contributed by atoms with Gasteiger partial charge in [0.25, 0.3) is 5.91 Å². The second-order valence-electron chi connectivity index (χ2n) is 5.42. The minimum atomic E-state index is -0.198. The molecule has 0 aliphatic carbocycles. The number of carbonyl (C=O) groups is 1. The summed E-state index contributed by atoms with van der Waals surface area (Å²) in [6.45, 7) is 0.753. The van der Waals surface area contributed by atoms with Crippen LogP contribution in [-0.2, 0) is 4.79 Å². The molecule has 0 bridgehead atoms. The van der Waals surface area contributed by atoms with Gasteiger partial charge in [-0.05, 0) is 35.7 Å². The number of rotatable bonds is 7. The Morgan fingerprint density at radius 2 is 1.68 bits per heavy atom. The van der Waals surface area contributed by atoms with Gasteiger partial charge in [0.1, 0.15) is 18.1 Å². The van der Waals surface area contributed by atoms with E-state index >= 15 is 0 Å². The van der Waals surface area contributed by atoms with Crippen LogP contribution in [-0.4, -0.2) is 25.7 Å². The lowest BCUT2D eigenvalue weighted by Gasteiger charge is -2.10. The van der Waals surface area contributed by atoms with Crippen LogP contribution in [0.1, 0.15) is 0 Å². The van der Waals surface area contributed by atoms with Crippen LogP contribution in [0, 0.1) is 0 Å². The molecule has 3 rings (SSSR count). The topological polar surface area (TPSA) is 47.6 Å². The Morgan fingerprint density at radius 3 is 2.52 bits per heavy atom. The fourth-order valence-corrected chi connectivity index (χ4v) is 2.53. The molecule has 25 heavy (non-hydrogen) atoms. The summed E-state index contributed by atoms with van der Waals surface area (Å²) in [6.07, 6.45) is 0. The standard InChI is InChI=1S/C20H18ClNO3/c21-16-8-10-17(11-9-16)25-14-20(23)22-12-13-24-19-7-3-5-15-4-1-2-6-18(15)19/h1-11H,12-14H2,(H,22,23). The third kappa shape index (κ3) is 4.88. The average molecular weight is 356 g/mol. The largest absolute Gasteiger partial charge is 0.491 e. The highest BCUT2D eigenvalue weighted by molar-refractivity contribution is 6.30. The minimum absolute atomic E-state index is 0.0457. The van der Waals surface area contributed by atoms with Crippen LogP contribution in [0.5, 0.6) is 11.5 Å². The van der Waals surface area contributed by atoms with Crippen molar-refractivity contribution < 1.29 is 14.3 Å². The summed E-state index contributed by atoms with van der Waals surface area (Å²) < 4.78 is 11.2. The fraction of sp³-hybridized carbons (Fsp3) is 0.150. The van der Waals surface area contributed by atoms with Crippen molar-refractivity contribution in [2.24, 2.45) is 0 Å². The monoisotopic (exact) mass is 355 g/mol. The second-order valence-corrected chi connectivity index (χ2v) is 5.85. The molecule has 128 valence electrons. The van der Waals surface area contributed by atoms with Gasteiger partial charge in [-0.1, -0.05) is 48.0 Å². The maximum Gasteiger partial charge on any atom is 0.258 e. The van der Waals surface area contributed by atoms with E-state index in [9.17, 15) is 4.79 Å². The van der Waals surface area contributed by atoms with Gasteiger partial charge in [0.05, 0.1) is 6.54 Å². The highest BCUT2D eigenvalue weighted by Gasteiger charge is 2.04. The van der Waals surface area contributed by atoms with E-state index in [1.807, 2.05) is 42.5 Å². The lowest BCUT2D eigenvalue weighted by Crippen LogP contribution is -2.32. The predicted octanol–water partition coefficient (Wildman–Crippen LogP) is 4.07. The zero-order chi connectivity index (χ0) is 17.5. The molecular formula is C20H18ClNO3. The van der Waals surface area contributed by atoms with Crippen LogP contribution in [0.2, 0.25) is 5.02 Å². The average Bonchev–Trinajstić information content (AvgIpc) is 2.65. The van der Waals surface area contributed by atoms with Crippen molar-refractivity contribution in [3.63, 3.8) is 0 Å². The molecule has 4 nitrogen and oxygen atoms in total. The summed E-state index contributed by atoms with van der Waals surface area (Å²) in [6, 6.07) is 20.8. The van der Waals surface area contributed by atoms with Gasteiger partial charge in [0.2, 0.25) is 0 Å². The summed E-state index contributed by atoms with van der Waals surface area (Å²) in [5.41, 5.74) is 0. The number of halogens is 1. The molecule has 0 aromatic heterocycles. The molecule has 3 aromatic rings. The third-order valence-electron chi connectivity index (χ3n) is 3.61. The van der Waals surface area contributed by atoms with E-state index in [1.165, 1.54) is 0 Å². The van der Waals surface area contributed by atoms with E-state index in [4.69, 9.17) is 21.1 Å². The highest BCUT2D eigenvalue weighted by atomic mass is 35.5. The molecule has 0 saturated carbocycles. The summed E-state index contributed by atoms with van der Waals surface area (Å²) in [7, 11) is 0. The smallest absolute Gasteiger partial charge is 0.258 e. The van der Waals surface area contributed by atoms with E-state index in [0.29, 0.717) is 23.9 Å². The number of hydrogen-bond donors (Lipinski definition) is 1. The SMILES string of the molecule is O=C(COc1ccc(Cl)cc1)NCCOc1cccc2ccccc12. The molecular weight excluding hydrogens is 338 g/mol. The van der Waals surface area contributed by atoms with Gasteiger partial charge in [-0.25, -0.2) is 0 Å². The maximum absolute atomic E-state index is 11.8. The lowest BCUT2D eigenvalue weighted by molar-refractivity contribution is -0.123. The molecule has 3 aromatic carbocycles. The molecule has 5 heteroatoms. The van der Waals surface area contributed by atoms with Gasteiger partial charge in [-0.15, -0.1) is 0 Å². The van der Waals surface area contributed by atoms with E-state index in [2.05, 4.69) is 5.32 Å². The molecule has 0 atom stereocenters. The fourth-order valence-electron chi connectivity index (χ4n) is 2.40. The molecule has 0 radical (unpaired) electrons. The third-order valence-corrected chi connectivity index (χ3v) is 3.87. The predicted molar refractivity (Wildman–Crippen MR) is 99.4 cm³/mol. The molecule has 0 heterocycles. The zero-order valence-corrected chi connectivity index (χ0v) is 14.3. The number of carbonyl (C=O) groups excluding carboxylic acids is 1. The van der Waals surface area contributed by atoms with Gasteiger partial charge in [-0.2, -0.15) is 0 Å².